The van der Waals surface area contributed by atoms with Crippen LogP contribution in [0.2, 0.25) is 0 Å². The monoisotopic (exact) mass is 281 g/mol. The fraction of sp³-hybridized carbons (Fsp3) is 0.571. The van der Waals surface area contributed by atoms with Gasteiger partial charge in [-0.3, -0.25) is 9.78 Å². The van der Waals surface area contributed by atoms with Crippen LogP contribution in [0.1, 0.15) is 24.7 Å². The summed E-state index contributed by atoms with van der Waals surface area (Å²) in [6.07, 6.45) is 2.74. The lowest BCUT2D eigenvalue weighted by Crippen LogP contribution is -2.43. The Labute approximate surface area is 119 Å². The molecule has 0 spiro atoms. The highest BCUT2D eigenvalue weighted by Gasteiger charge is 2.19. The maximum atomic E-state index is 12.2. The zero-order valence-corrected chi connectivity index (χ0v) is 12.7. The zero-order chi connectivity index (χ0) is 14.3. The first-order chi connectivity index (χ1) is 9.08. The lowest BCUT2D eigenvalue weighted by atomic mass is 10.2. The molecular formula is C14H23N3OS. The quantitative estimate of drug-likeness (QED) is 0.828. The number of pyridine rings is 1. The van der Waals surface area contributed by atoms with Crippen molar-refractivity contribution in [3.05, 3.63) is 29.6 Å². The molecule has 1 heterocycles. The summed E-state index contributed by atoms with van der Waals surface area (Å²) in [5.74, 6) is 0.924. The summed E-state index contributed by atoms with van der Waals surface area (Å²) in [5, 5.41) is 0. The highest BCUT2D eigenvalue weighted by atomic mass is 32.2. The summed E-state index contributed by atoms with van der Waals surface area (Å²) in [6, 6.07) is 5.45. The van der Waals surface area contributed by atoms with Crippen LogP contribution in [-0.2, 0) is 11.3 Å². The third-order valence-electron chi connectivity index (χ3n) is 2.94. The molecule has 5 heteroatoms. The molecule has 106 valence electrons. The normalized spacial score (nSPS) is 12.2. The highest BCUT2D eigenvalue weighted by molar-refractivity contribution is 7.98. The standard InChI is InChI=1S/C14H23N3OS/c1-4-17(14(18)13(15)8-9-19-3)10-12-7-5-6-11(2)16-12/h5-7,13H,4,8-10,15H2,1-3H3/t13-/m0/s1. The van der Waals surface area contributed by atoms with Gasteiger partial charge in [-0.15, -0.1) is 0 Å². The third kappa shape index (κ3) is 5.20. The summed E-state index contributed by atoms with van der Waals surface area (Å²) >= 11 is 1.71. The highest BCUT2D eigenvalue weighted by Crippen LogP contribution is 2.07. The average Bonchev–Trinajstić information content (AvgIpc) is 2.41. The lowest BCUT2D eigenvalue weighted by Gasteiger charge is -2.24. The van der Waals surface area contributed by atoms with Gasteiger partial charge in [0, 0.05) is 12.2 Å². The summed E-state index contributed by atoms with van der Waals surface area (Å²) in [5.41, 5.74) is 7.81. The number of aromatic nitrogens is 1. The second-order valence-corrected chi connectivity index (χ2v) is 5.50. The van der Waals surface area contributed by atoms with Gasteiger partial charge in [-0.25, -0.2) is 0 Å². The van der Waals surface area contributed by atoms with Gasteiger partial charge >= 0.3 is 0 Å². The molecular weight excluding hydrogens is 258 g/mol. The van der Waals surface area contributed by atoms with Crippen molar-refractivity contribution in [3.63, 3.8) is 0 Å². The van der Waals surface area contributed by atoms with E-state index in [1.54, 1.807) is 16.7 Å². The van der Waals surface area contributed by atoms with Crippen LogP contribution in [0.4, 0.5) is 0 Å². The molecule has 19 heavy (non-hydrogen) atoms. The van der Waals surface area contributed by atoms with Crippen molar-refractivity contribution in [2.75, 3.05) is 18.6 Å². The van der Waals surface area contributed by atoms with E-state index in [4.69, 9.17) is 5.73 Å². The molecule has 0 aliphatic rings. The molecule has 0 radical (unpaired) electrons. The molecule has 0 unspecified atom stereocenters. The van der Waals surface area contributed by atoms with Gasteiger partial charge < -0.3 is 10.6 Å². The van der Waals surface area contributed by atoms with Crippen molar-refractivity contribution in [3.8, 4) is 0 Å². The number of aryl methyl sites for hydroxylation is 1. The Morgan fingerprint density at radius 2 is 2.26 bits per heavy atom. The number of amides is 1. The van der Waals surface area contributed by atoms with Gasteiger partial charge in [0.05, 0.1) is 18.3 Å². The largest absolute Gasteiger partial charge is 0.336 e. The van der Waals surface area contributed by atoms with Crippen LogP contribution in [0, 0.1) is 6.92 Å². The number of hydrogen-bond acceptors (Lipinski definition) is 4. The molecule has 1 atom stereocenters. The van der Waals surface area contributed by atoms with E-state index >= 15 is 0 Å². The number of nitrogens with zero attached hydrogens (tertiary/aromatic N) is 2. The molecule has 0 saturated heterocycles. The van der Waals surface area contributed by atoms with Crippen LogP contribution in [-0.4, -0.2) is 40.4 Å². The van der Waals surface area contributed by atoms with Crippen molar-refractivity contribution < 1.29 is 4.79 Å². The number of thioether (sulfide) groups is 1. The molecule has 4 nitrogen and oxygen atoms in total. The van der Waals surface area contributed by atoms with Crippen LogP contribution in [0.5, 0.6) is 0 Å². The van der Waals surface area contributed by atoms with Crippen molar-refractivity contribution in [1.29, 1.82) is 0 Å². The fourth-order valence-electron chi connectivity index (χ4n) is 1.83. The Morgan fingerprint density at radius 1 is 1.53 bits per heavy atom. The van der Waals surface area contributed by atoms with E-state index < -0.39 is 6.04 Å². The molecule has 0 aliphatic carbocycles. The van der Waals surface area contributed by atoms with E-state index in [0.29, 0.717) is 13.1 Å². The average molecular weight is 281 g/mol. The SMILES string of the molecule is CCN(Cc1cccc(C)n1)C(=O)[C@@H](N)CCSC. The predicted octanol–water partition coefficient (Wildman–Crippen LogP) is 1.82. The summed E-state index contributed by atoms with van der Waals surface area (Å²) in [7, 11) is 0. The van der Waals surface area contributed by atoms with Crippen LogP contribution in [0.25, 0.3) is 0 Å². The Morgan fingerprint density at radius 3 is 2.84 bits per heavy atom. The third-order valence-corrected chi connectivity index (χ3v) is 3.59. The second-order valence-electron chi connectivity index (χ2n) is 4.51. The maximum Gasteiger partial charge on any atom is 0.239 e. The smallest absolute Gasteiger partial charge is 0.239 e. The zero-order valence-electron chi connectivity index (χ0n) is 11.9. The first-order valence-electron chi connectivity index (χ1n) is 6.54. The molecule has 1 aromatic rings. The summed E-state index contributed by atoms with van der Waals surface area (Å²) < 4.78 is 0. The second kappa shape index (κ2) is 8.17. The van der Waals surface area contributed by atoms with Crippen LogP contribution in [0.15, 0.2) is 18.2 Å². The Kier molecular flexibility index (Phi) is 6.87. The minimum atomic E-state index is -0.405. The van der Waals surface area contributed by atoms with Gasteiger partial charge in [0.25, 0.3) is 0 Å². The molecule has 1 rings (SSSR count). The molecule has 0 aliphatic heterocycles. The van der Waals surface area contributed by atoms with Crippen LogP contribution < -0.4 is 5.73 Å². The number of rotatable bonds is 7. The van der Waals surface area contributed by atoms with E-state index in [1.165, 1.54) is 0 Å². The number of carbonyl (C=O) groups is 1. The molecule has 0 saturated carbocycles. The van der Waals surface area contributed by atoms with E-state index in [2.05, 4.69) is 4.98 Å². The van der Waals surface area contributed by atoms with Crippen LogP contribution >= 0.6 is 11.8 Å². The number of nitrogens with two attached hydrogens (primary N) is 1. The van der Waals surface area contributed by atoms with Gasteiger partial charge in [-0.1, -0.05) is 6.07 Å². The molecule has 0 fully saturated rings. The van der Waals surface area contributed by atoms with E-state index in [1.807, 2.05) is 38.3 Å². The van der Waals surface area contributed by atoms with Crippen LogP contribution in [0.3, 0.4) is 0 Å². The topological polar surface area (TPSA) is 59.2 Å². The van der Waals surface area contributed by atoms with Gasteiger partial charge in [-0.05, 0) is 44.4 Å². The summed E-state index contributed by atoms with van der Waals surface area (Å²) in [4.78, 5) is 18.4. The first kappa shape index (κ1) is 16.0. The van der Waals surface area contributed by atoms with Gasteiger partial charge in [0.1, 0.15) is 0 Å². The van der Waals surface area contributed by atoms with Crippen molar-refractivity contribution in [2.24, 2.45) is 5.73 Å². The minimum Gasteiger partial charge on any atom is -0.336 e. The molecule has 2 N–H and O–H groups in total. The van der Waals surface area contributed by atoms with Crippen molar-refractivity contribution in [1.82, 2.24) is 9.88 Å². The van der Waals surface area contributed by atoms with Crippen molar-refractivity contribution >= 4 is 17.7 Å². The van der Waals surface area contributed by atoms with E-state index in [0.717, 1.165) is 23.6 Å². The van der Waals surface area contributed by atoms with Gasteiger partial charge in [0.2, 0.25) is 5.91 Å². The number of hydrogen-bond donors (Lipinski definition) is 1. The van der Waals surface area contributed by atoms with E-state index in [9.17, 15) is 4.79 Å². The Balaban J connectivity index is 2.64. The van der Waals surface area contributed by atoms with Crippen molar-refractivity contribution in [2.45, 2.75) is 32.9 Å². The Hall–Kier alpha value is -1.07. The number of carbonyl (C=O) groups excluding carboxylic acids is 1. The van der Waals surface area contributed by atoms with Gasteiger partial charge in [0.15, 0.2) is 0 Å². The van der Waals surface area contributed by atoms with E-state index in [-0.39, 0.29) is 5.91 Å². The van der Waals surface area contributed by atoms with Gasteiger partial charge in [-0.2, -0.15) is 11.8 Å². The summed E-state index contributed by atoms with van der Waals surface area (Å²) in [6.45, 7) is 5.10. The predicted molar refractivity (Wildman–Crippen MR) is 81.0 cm³/mol. The maximum absolute atomic E-state index is 12.2. The minimum absolute atomic E-state index is 0.0138. The molecule has 0 bridgehead atoms. The molecule has 1 amide bonds. The Bertz CT molecular complexity index is 411. The molecule has 0 aromatic carbocycles. The fourth-order valence-corrected chi connectivity index (χ4v) is 2.32. The number of likely N-dealkylation sites (N-methyl/N-ethyl adjacent to an activating group) is 1. The lowest BCUT2D eigenvalue weighted by molar-refractivity contribution is -0.133. The molecule has 1 aromatic heterocycles. The first-order valence-corrected chi connectivity index (χ1v) is 7.93.